The van der Waals surface area contributed by atoms with Gasteiger partial charge in [0, 0.05) is 50.5 Å². The normalized spacial score (nSPS) is 18.1. The summed E-state index contributed by atoms with van der Waals surface area (Å²) in [6.07, 6.45) is 3.70. The van der Waals surface area contributed by atoms with Crippen LogP contribution in [0.15, 0.2) is 47.4 Å². The topological polar surface area (TPSA) is 70.2 Å². The molecule has 0 aliphatic carbocycles. The number of hydrogen-bond acceptors (Lipinski definition) is 5. The van der Waals surface area contributed by atoms with Crippen molar-refractivity contribution in [1.82, 2.24) is 9.21 Å². The van der Waals surface area contributed by atoms with Crippen LogP contribution in [0.1, 0.15) is 36.0 Å². The molecule has 2 aromatic rings. The minimum atomic E-state index is -3.76. The summed E-state index contributed by atoms with van der Waals surface area (Å²) in [6, 6.07) is 11.0. The molecule has 0 unspecified atom stereocenters. The van der Waals surface area contributed by atoms with Gasteiger partial charge in [0.2, 0.25) is 10.0 Å². The average molecular weight is 476 g/mol. The number of carbonyl (C=O) groups excluding carboxylic acids is 1. The fourth-order valence-electron chi connectivity index (χ4n) is 4.43. The lowest BCUT2D eigenvalue weighted by Gasteiger charge is -2.36. The van der Waals surface area contributed by atoms with Crippen molar-refractivity contribution >= 4 is 21.6 Å². The van der Waals surface area contributed by atoms with E-state index in [2.05, 4.69) is 4.90 Å². The number of amides is 1. The predicted octanol–water partition coefficient (Wildman–Crippen LogP) is 3.36. The van der Waals surface area contributed by atoms with E-state index < -0.39 is 10.0 Å². The van der Waals surface area contributed by atoms with E-state index in [0.29, 0.717) is 44.8 Å². The molecular weight excluding hydrogens is 445 g/mol. The van der Waals surface area contributed by atoms with Crippen LogP contribution in [0.25, 0.3) is 0 Å². The van der Waals surface area contributed by atoms with Crippen molar-refractivity contribution in [3.05, 3.63) is 53.8 Å². The lowest BCUT2D eigenvalue weighted by molar-refractivity contribution is 0.0746. The molecule has 2 aromatic carbocycles. The summed E-state index contributed by atoms with van der Waals surface area (Å²) < 4.78 is 46.8. The molecule has 2 saturated heterocycles. The second-order valence-electron chi connectivity index (χ2n) is 8.44. The Kier molecular flexibility index (Phi) is 7.19. The summed E-state index contributed by atoms with van der Waals surface area (Å²) in [5.74, 6) is -0.237. The summed E-state index contributed by atoms with van der Waals surface area (Å²) >= 11 is 0. The Morgan fingerprint density at radius 1 is 0.879 bits per heavy atom. The Balaban J connectivity index is 1.51. The summed E-state index contributed by atoms with van der Waals surface area (Å²) in [6.45, 7) is 3.19. The lowest BCUT2D eigenvalue weighted by atomic mass is 10.1. The third kappa shape index (κ3) is 5.14. The highest BCUT2D eigenvalue weighted by atomic mass is 32.2. The molecule has 178 valence electrons. The van der Waals surface area contributed by atoms with Gasteiger partial charge in [-0.3, -0.25) is 4.79 Å². The Morgan fingerprint density at radius 2 is 1.52 bits per heavy atom. The molecule has 2 heterocycles. The molecule has 1 amide bonds. The second kappa shape index (κ2) is 10.1. The number of sulfonamides is 1. The largest absolute Gasteiger partial charge is 0.495 e. The molecule has 0 bridgehead atoms. The zero-order valence-electron chi connectivity index (χ0n) is 18.9. The zero-order chi connectivity index (χ0) is 23.4. The zero-order valence-corrected chi connectivity index (χ0v) is 19.7. The van der Waals surface area contributed by atoms with Crippen LogP contribution in [0.4, 0.5) is 10.1 Å². The molecule has 9 heteroatoms. The summed E-state index contributed by atoms with van der Waals surface area (Å²) in [5.41, 5.74) is 1.25. The van der Waals surface area contributed by atoms with Crippen LogP contribution in [-0.4, -0.2) is 69.9 Å². The number of anilines is 1. The fourth-order valence-corrected chi connectivity index (χ4v) is 6.13. The first-order valence-electron chi connectivity index (χ1n) is 11.4. The number of rotatable bonds is 5. The van der Waals surface area contributed by atoms with Crippen LogP contribution in [0.2, 0.25) is 0 Å². The van der Waals surface area contributed by atoms with Gasteiger partial charge in [-0.15, -0.1) is 0 Å². The van der Waals surface area contributed by atoms with Crippen molar-refractivity contribution in [2.45, 2.75) is 30.6 Å². The highest BCUT2D eigenvalue weighted by Crippen LogP contribution is 2.30. The predicted molar refractivity (Wildman–Crippen MR) is 125 cm³/mol. The van der Waals surface area contributed by atoms with Crippen molar-refractivity contribution in [3.63, 3.8) is 0 Å². The van der Waals surface area contributed by atoms with Crippen LogP contribution >= 0.6 is 0 Å². The summed E-state index contributed by atoms with van der Waals surface area (Å²) in [7, 11) is -2.33. The van der Waals surface area contributed by atoms with Crippen LogP contribution in [0.5, 0.6) is 5.75 Å². The van der Waals surface area contributed by atoms with E-state index in [4.69, 9.17) is 4.74 Å². The Morgan fingerprint density at radius 3 is 2.12 bits per heavy atom. The van der Waals surface area contributed by atoms with Crippen molar-refractivity contribution in [2.75, 3.05) is 51.3 Å². The van der Waals surface area contributed by atoms with E-state index in [1.807, 2.05) is 0 Å². The molecule has 2 aliphatic heterocycles. The number of ether oxygens (including phenoxy) is 1. The van der Waals surface area contributed by atoms with Crippen molar-refractivity contribution < 1.29 is 22.3 Å². The Hall–Kier alpha value is -2.65. The molecule has 7 nitrogen and oxygen atoms in total. The van der Waals surface area contributed by atoms with Crippen molar-refractivity contribution in [1.29, 1.82) is 0 Å². The first-order valence-corrected chi connectivity index (χ1v) is 12.8. The van der Waals surface area contributed by atoms with Gasteiger partial charge in [-0.1, -0.05) is 12.8 Å². The minimum Gasteiger partial charge on any atom is -0.495 e. The van der Waals surface area contributed by atoms with Crippen LogP contribution < -0.4 is 9.64 Å². The third-order valence-electron chi connectivity index (χ3n) is 6.35. The van der Waals surface area contributed by atoms with Gasteiger partial charge < -0.3 is 14.5 Å². The van der Waals surface area contributed by atoms with E-state index in [1.165, 1.54) is 29.6 Å². The maximum Gasteiger partial charge on any atom is 0.254 e. The number of carbonyl (C=O) groups is 1. The quantitative estimate of drug-likeness (QED) is 0.663. The van der Waals surface area contributed by atoms with E-state index in [1.54, 1.807) is 29.2 Å². The smallest absolute Gasteiger partial charge is 0.254 e. The number of piperazine rings is 1. The molecule has 4 rings (SSSR count). The minimum absolute atomic E-state index is 0.0442. The highest BCUT2D eigenvalue weighted by Gasteiger charge is 2.30. The van der Waals surface area contributed by atoms with Crippen molar-refractivity contribution in [3.8, 4) is 5.75 Å². The first-order chi connectivity index (χ1) is 15.9. The van der Waals surface area contributed by atoms with E-state index in [9.17, 15) is 17.6 Å². The van der Waals surface area contributed by atoms with E-state index in [0.717, 1.165) is 31.4 Å². The van der Waals surface area contributed by atoms with Crippen LogP contribution in [0, 0.1) is 5.82 Å². The molecule has 0 radical (unpaired) electrons. The number of halogens is 1. The highest BCUT2D eigenvalue weighted by molar-refractivity contribution is 7.89. The second-order valence-corrected chi connectivity index (χ2v) is 10.3. The lowest BCUT2D eigenvalue weighted by Crippen LogP contribution is -2.48. The SMILES string of the molecule is COc1ccc(C(=O)N2CCN(c3ccc(F)cc3)CC2)cc1S(=O)(=O)N1CCCCCC1. The van der Waals surface area contributed by atoms with Gasteiger partial charge in [-0.2, -0.15) is 4.31 Å². The van der Waals surface area contributed by atoms with Crippen LogP contribution in [-0.2, 0) is 10.0 Å². The molecule has 0 spiro atoms. The van der Waals surface area contributed by atoms with Gasteiger partial charge in [-0.25, -0.2) is 12.8 Å². The number of hydrogen-bond donors (Lipinski definition) is 0. The van der Waals surface area contributed by atoms with Crippen LogP contribution in [0.3, 0.4) is 0 Å². The monoisotopic (exact) mass is 475 g/mol. The molecule has 0 atom stereocenters. The van der Waals surface area contributed by atoms with Crippen molar-refractivity contribution in [2.24, 2.45) is 0 Å². The third-order valence-corrected chi connectivity index (χ3v) is 8.27. The molecule has 33 heavy (non-hydrogen) atoms. The fraction of sp³-hybridized carbons (Fsp3) is 0.458. The molecule has 2 aliphatic rings. The Labute approximate surface area is 194 Å². The molecular formula is C24H30FN3O4S. The molecule has 0 N–H and O–H groups in total. The summed E-state index contributed by atoms with van der Waals surface area (Å²) in [4.78, 5) is 17.1. The van der Waals surface area contributed by atoms with Gasteiger partial charge in [0.25, 0.3) is 5.91 Å². The average Bonchev–Trinajstić information content (AvgIpc) is 3.14. The van der Waals surface area contributed by atoms with Gasteiger partial charge >= 0.3 is 0 Å². The van der Waals surface area contributed by atoms with E-state index in [-0.39, 0.29) is 22.4 Å². The number of nitrogens with zero attached hydrogens (tertiary/aromatic N) is 3. The van der Waals surface area contributed by atoms with Gasteiger partial charge in [0.1, 0.15) is 16.5 Å². The standard InChI is InChI=1S/C24H30FN3O4S/c1-32-22-11-6-19(18-23(22)33(30,31)28-12-4-2-3-5-13-28)24(29)27-16-14-26(15-17-27)21-9-7-20(25)8-10-21/h6-11,18H,2-5,12-17H2,1H3. The molecule has 2 fully saturated rings. The maximum atomic E-state index is 13.4. The van der Waals surface area contributed by atoms with Gasteiger partial charge in [-0.05, 0) is 55.3 Å². The maximum absolute atomic E-state index is 13.4. The molecule has 0 aromatic heterocycles. The van der Waals surface area contributed by atoms with E-state index >= 15 is 0 Å². The first kappa shape index (κ1) is 23.5. The molecule has 0 saturated carbocycles. The number of benzene rings is 2. The van der Waals surface area contributed by atoms with Gasteiger partial charge in [0.05, 0.1) is 7.11 Å². The number of methoxy groups -OCH3 is 1. The van der Waals surface area contributed by atoms with Gasteiger partial charge in [0.15, 0.2) is 0 Å². The Bertz CT molecular complexity index is 1080. The summed E-state index contributed by atoms with van der Waals surface area (Å²) in [5, 5.41) is 0.